The molecule has 0 aliphatic carbocycles. The van der Waals surface area contributed by atoms with Gasteiger partial charge in [0.05, 0.1) is 0 Å². The van der Waals surface area contributed by atoms with Gasteiger partial charge in [0.2, 0.25) is 5.91 Å². The van der Waals surface area contributed by atoms with Crippen molar-refractivity contribution in [1.82, 2.24) is 10.4 Å². The van der Waals surface area contributed by atoms with Crippen LogP contribution >= 0.6 is 0 Å². The van der Waals surface area contributed by atoms with Crippen molar-refractivity contribution in [3.8, 4) is 0 Å². The molecule has 0 unspecified atom stereocenters. The maximum Gasteiger partial charge on any atom is 0.405 e. The Kier molecular flexibility index (Phi) is 5.58. The number of benzene rings is 1. The molecule has 1 N–H and O–H groups in total. The van der Waals surface area contributed by atoms with E-state index in [1.807, 2.05) is 31.2 Å². The van der Waals surface area contributed by atoms with E-state index in [4.69, 9.17) is 0 Å². The molecule has 1 atom stereocenters. The van der Waals surface area contributed by atoms with E-state index in [-0.39, 0.29) is 18.7 Å². The third-order valence-electron chi connectivity index (χ3n) is 4.49. The van der Waals surface area contributed by atoms with Gasteiger partial charge in [0.1, 0.15) is 6.04 Å². The Bertz CT molecular complexity index is 567. The number of unbranched alkanes of at least 4 members (excludes halogenated alkanes) is 1. The summed E-state index contributed by atoms with van der Waals surface area (Å²) in [5, 5.41) is 1.10. The summed E-state index contributed by atoms with van der Waals surface area (Å²) in [6, 6.07) is 6.41. The van der Waals surface area contributed by atoms with Crippen LogP contribution in [0, 0.1) is 6.92 Å². The number of rotatable bonds is 6. The molecule has 3 nitrogen and oxygen atoms in total. The third-order valence-corrected chi connectivity index (χ3v) is 4.49. The summed E-state index contributed by atoms with van der Waals surface area (Å²) in [5.41, 5.74) is 3.87. The van der Waals surface area contributed by atoms with Crippen LogP contribution in [0.5, 0.6) is 0 Å². The van der Waals surface area contributed by atoms with Crippen LogP contribution in [0.25, 0.3) is 0 Å². The number of alkyl halides is 3. The van der Waals surface area contributed by atoms with E-state index in [0.29, 0.717) is 12.8 Å². The summed E-state index contributed by atoms with van der Waals surface area (Å²) in [6.45, 7) is 5.33. The zero-order chi connectivity index (χ0) is 18.0. The number of amides is 1. The molecular weight excluding hydrogens is 317 g/mol. The zero-order valence-corrected chi connectivity index (χ0v) is 14.4. The predicted octanol–water partition coefficient (Wildman–Crippen LogP) is 4.15. The molecule has 1 amide bonds. The first-order chi connectivity index (χ1) is 11.1. The van der Waals surface area contributed by atoms with Crippen molar-refractivity contribution in [2.45, 2.75) is 70.6 Å². The molecule has 1 aliphatic heterocycles. The molecule has 0 spiro atoms. The number of hydrazine groups is 1. The second-order valence-corrected chi connectivity index (χ2v) is 7.18. The lowest BCUT2D eigenvalue weighted by Gasteiger charge is -2.37. The molecule has 1 heterocycles. The van der Waals surface area contributed by atoms with Gasteiger partial charge in [-0.05, 0) is 45.6 Å². The van der Waals surface area contributed by atoms with Crippen molar-refractivity contribution >= 4 is 5.91 Å². The summed E-state index contributed by atoms with van der Waals surface area (Å²) < 4.78 is 40.3. The number of aryl methyl sites for hydroxylation is 2. The lowest BCUT2D eigenvalue weighted by Crippen LogP contribution is -2.56. The van der Waals surface area contributed by atoms with E-state index in [1.165, 1.54) is 5.56 Å². The van der Waals surface area contributed by atoms with Gasteiger partial charge >= 0.3 is 6.18 Å². The van der Waals surface area contributed by atoms with Crippen LogP contribution in [-0.4, -0.2) is 28.7 Å². The summed E-state index contributed by atoms with van der Waals surface area (Å²) in [6.07, 6.45) is -2.38. The molecule has 1 fully saturated rings. The molecule has 1 saturated heterocycles. The van der Waals surface area contributed by atoms with Gasteiger partial charge < -0.3 is 0 Å². The molecule has 1 aromatic rings. The van der Waals surface area contributed by atoms with Crippen LogP contribution in [0.4, 0.5) is 13.2 Å². The second-order valence-electron chi connectivity index (χ2n) is 7.18. The van der Waals surface area contributed by atoms with Gasteiger partial charge in [-0.2, -0.15) is 13.2 Å². The fourth-order valence-corrected chi connectivity index (χ4v) is 3.16. The first-order valence-corrected chi connectivity index (χ1v) is 8.31. The van der Waals surface area contributed by atoms with Crippen molar-refractivity contribution in [3.05, 3.63) is 35.4 Å². The highest BCUT2D eigenvalue weighted by molar-refractivity contribution is 5.78. The number of nitrogens with zero attached hydrogens (tertiary/aromatic N) is 1. The maximum absolute atomic E-state index is 13.4. The Morgan fingerprint density at radius 2 is 1.83 bits per heavy atom. The van der Waals surface area contributed by atoms with Gasteiger partial charge in [-0.25, -0.2) is 5.01 Å². The summed E-state index contributed by atoms with van der Waals surface area (Å²) >= 11 is 0. The van der Waals surface area contributed by atoms with E-state index >= 15 is 0 Å². The van der Waals surface area contributed by atoms with Crippen molar-refractivity contribution in [2.75, 3.05) is 0 Å². The Balaban J connectivity index is 1.93. The molecule has 1 aromatic carbocycles. The number of carbonyl (C=O) groups excluding carboxylic acids is 1. The van der Waals surface area contributed by atoms with E-state index in [9.17, 15) is 18.0 Å². The largest absolute Gasteiger partial charge is 0.405 e. The average molecular weight is 342 g/mol. The fourth-order valence-electron chi connectivity index (χ4n) is 3.16. The maximum atomic E-state index is 13.4. The quantitative estimate of drug-likeness (QED) is 0.788. The van der Waals surface area contributed by atoms with E-state index in [0.717, 1.165) is 17.0 Å². The molecule has 134 valence electrons. The molecule has 1 aliphatic rings. The van der Waals surface area contributed by atoms with Gasteiger partial charge in [-0.3, -0.25) is 10.2 Å². The number of halogens is 3. The van der Waals surface area contributed by atoms with Crippen molar-refractivity contribution < 1.29 is 18.0 Å². The average Bonchev–Trinajstić information content (AvgIpc) is 2.72. The monoisotopic (exact) mass is 342 g/mol. The lowest BCUT2D eigenvalue weighted by atomic mass is 9.97. The Labute approximate surface area is 141 Å². The minimum absolute atomic E-state index is 0.0148. The first-order valence-electron chi connectivity index (χ1n) is 8.31. The highest BCUT2D eigenvalue weighted by Crippen LogP contribution is 2.35. The third kappa shape index (κ3) is 4.72. The van der Waals surface area contributed by atoms with Gasteiger partial charge in [0.15, 0.2) is 0 Å². The molecule has 0 bridgehead atoms. The van der Waals surface area contributed by atoms with Gasteiger partial charge in [0.25, 0.3) is 0 Å². The van der Waals surface area contributed by atoms with Crippen molar-refractivity contribution in [1.29, 1.82) is 0 Å². The standard InChI is InChI=1S/C18H25F3N2O/c1-13-8-10-14(11-9-13)6-4-5-7-15(18(19,20)21)23-17(2,3)12-16(24)22-23/h8-11,15H,4-7,12H2,1-3H3,(H,22,24)/t15-/m0/s1. The predicted molar refractivity (Wildman–Crippen MR) is 87.3 cm³/mol. The lowest BCUT2D eigenvalue weighted by molar-refractivity contribution is -0.202. The number of carbonyl (C=O) groups is 1. The minimum Gasteiger partial charge on any atom is -0.288 e. The molecule has 0 aromatic heterocycles. The highest BCUT2D eigenvalue weighted by atomic mass is 19.4. The smallest absolute Gasteiger partial charge is 0.288 e. The summed E-state index contributed by atoms with van der Waals surface area (Å²) in [7, 11) is 0. The van der Waals surface area contributed by atoms with Crippen LogP contribution in [0.2, 0.25) is 0 Å². The van der Waals surface area contributed by atoms with Crippen LogP contribution in [0.1, 0.15) is 50.7 Å². The normalized spacial score (nSPS) is 19.3. The number of nitrogens with one attached hydrogen (secondary N) is 1. The minimum atomic E-state index is -4.36. The molecule has 0 radical (unpaired) electrons. The summed E-state index contributed by atoms with van der Waals surface area (Å²) in [5.74, 6) is -0.353. The van der Waals surface area contributed by atoms with Gasteiger partial charge in [-0.1, -0.05) is 36.2 Å². The molecule has 24 heavy (non-hydrogen) atoms. The molecule has 0 saturated carbocycles. The molecule has 2 rings (SSSR count). The van der Waals surface area contributed by atoms with Crippen LogP contribution in [-0.2, 0) is 11.2 Å². The SMILES string of the molecule is Cc1ccc(CCCC[C@H](N2NC(=O)CC2(C)C)C(F)(F)F)cc1. The Hall–Kier alpha value is -1.56. The van der Waals surface area contributed by atoms with Crippen LogP contribution < -0.4 is 5.43 Å². The second kappa shape index (κ2) is 7.13. The number of hydrogen-bond acceptors (Lipinski definition) is 2. The molecular formula is C18H25F3N2O. The van der Waals surface area contributed by atoms with Gasteiger partial charge in [-0.15, -0.1) is 0 Å². The van der Waals surface area contributed by atoms with E-state index in [1.54, 1.807) is 13.8 Å². The zero-order valence-electron chi connectivity index (χ0n) is 14.4. The fraction of sp³-hybridized carbons (Fsp3) is 0.611. The first kappa shape index (κ1) is 18.8. The van der Waals surface area contributed by atoms with Crippen molar-refractivity contribution in [2.24, 2.45) is 0 Å². The Morgan fingerprint density at radius 1 is 1.21 bits per heavy atom. The molecule has 6 heteroatoms. The highest BCUT2D eigenvalue weighted by Gasteiger charge is 2.51. The van der Waals surface area contributed by atoms with Gasteiger partial charge in [0, 0.05) is 12.0 Å². The Morgan fingerprint density at radius 3 is 2.33 bits per heavy atom. The number of hydrogen-bond donors (Lipinski definition) is 1. The van der Waals surface area contributed by atoms with Crippen LogP contribution in [0.15, 0.2) is 24.3 Å². The topological polar surface area (TPSA) is 32.3 Å². The van der Waals surface area contributed by atoms with E-state index in [2.05, 4.69) is 5.43 Å². The van der Waals surface area contributed by atoms with Crippen LogP contribution in [0.3, 0.4) is 0 Å². The van der Waals surface area contributed by atoms with E-state index < -0.39 is 17.8 Å². The summed E-state index contributed by atoms with van der Waals surface area (Å²) in [4.78, 5) is 11.5. The van der Waals surface area contributed by atoms with Crippen molar-refractivity contribution in [3.63, 3.8) is 0 Å².